The van der Waals surface area contributed by atoms with E-state index in [1.807, 2.05) is 12.1 Å². The van der Waals surface area contributed by atoms with Gasteiger partial charge in [-0.15, -0.1) is 5.10 Å². The van der Waals surface area contributed by atoms with Crippen LogP contribution in [0.4, 0.5) is 0 Å². The summed E-state index contributed by atoms with van der Waals surface area (Å²) in [7, 11) is 1.58. The van der Waals surface area contributed by atoms with Gasteiger partial charge in [0, 0.05) is 12.7 Å². The van der Waals surface area contributed by atoms with Crippen LogP contribution in [0.1, 0.15) is 32.0 Å². The summed E-state index contributed by atoms with van der Waals surface area (Å²) in [5, 5.41) is 11.4. The monoisotopic (exact) mass is 239 g/mol. The molecule has 0 saturated heterocycles. The Morgan fingerprint density at radius 3 is 2.65 bits per heavy atom. The van der Waals surface area contributed by atoms with Gasteiger partial charge in [-0.1, -0.05) is 13.8 Å². The fraction of sp³-hybridized carbons (Fsp3) is 0.667. The molecule has 0 amide bonds. The highest BCUT2D eigenvalue weighted by molar-refractivity contribution is 5.14. The zero-order valence-electron chi connectivity index (χ0n) is 10.8. The van der Waals surface area contributed by atoms with Crippen molar-refractivity contribution < 1.29 is 9.47 Å². The van der Waals surface area contributed by atoms with Gasteiger partial charge in [-0.25, -0.2) is 0 Å². The van der Waals surface area contributed by atoms with Gasteiger partial charge in [-0.05, 0) is 19.0 Å². The van der Waals surface area contributed by atoms with E-state index in [4.69, 9.17) is 9.47 Å². The third-order valence-electron chi connectivity index (χ3n) is 2.31. The number of ether oxygens (including phenoxy) is 2. The Bertz CT molecular complexity index is 303. The normalized spacial score (nSPS) is 12.4. The average molecular weight is 239 g/mol. The van der Waals surface area contributed by atoms with Crippen LogP contribution >= 0.6 is 0 Å². The summed E-state index contributed by atoms with van der Waals surface area (Å²) in [6.07, 6.45) is 1.02. The van der Waals surface area contributed by atoms with Crippen LogP contribution in [-0.2, 0) is 4.74 Å². The molecule has 1 heterocycles. The molecule has 0 aliphatic heterocycles. The summed E-state index contributed by atoms with van der Waals surface area (Å²) >= 11 is 0. The van der Waals surface area contributed by atoms with Crippen molar-refractivity contribution in [1.29, 1.82) is 0 Å². The van der Waals surface area contributed by atoms with Gasteiger partial charge < -0.3 is 14.8 Å². The molecule has 0 saturated carbocycles. The number of hydrogen-bond donors (Lipinski definition) is 1. The number of rotatable bonds is 8. The van der Waals surface area contributed by atoms with E-state index in [1.165, 1.54) is 0 Å². The SMILES string of the molecule is CCCOCC(NCC)c1ccc(OC)nn1. The van der Waals surface area contributed by atoms with E-state index in [1.54, 1.807) is 7.11 Å². The largest absolute Gasteiger partial charge is 0.480 e. The van der Waals surface area contributed by atoms with Crippen LogP contribution in [0.2, 0.25) is 0 Å². The molecule has 0 spiro atoms. The van der Waals surface area contributed by atoms with Gasteiger partial charge >= 0.3 is 0 Å². The molecule has 0 radical (unpaired) electrons. The highest BCUT2D eigenvalue weighted by Gasteiger charge is 2.12. The van der Waals surface area contributed by atoms with Crippen molar-refractivity contribution in [2.45, 2.75) is 26.3 Å². The topological polar surface area (TPSA) is 56.3 Å². The number of nitrogens with zero attached hydrogens (tertiary/aromatic N) is 2. The van der Waals surface area contributed by atoms with Gasteiger partial charge in [0.1, 0.15) is 0 Å². The number of hydrogen-bond acceptors (Lipinski definition) is 5. The van der Waals surface area contributed by atoms with Crippen molar-refractivity contribution in [3.63, 3.8) is 0 Å². The lowest BCUT2D eigenvalue weighted by Crippen LogP contribution is -2.26. The smallest absolute Gasteiger partial charge is 0.233 e. The fourth-order valence-electron chi connectivity index (χ4n) is 1.47. The first-order valence-electron chi connectivity index (χ1n) is 6.00. The quantitative estimate of drug-likeness (QED) is 0.698. The third-order valence-corrected chi connectivity index (χ3v) is 2.31. The van der Waals surface area contributed by atoms with Crippen molar-refractivity contribution in [2.75, 3.05) is 26.9 Å². The van der Waals surface area contributed by atoms with Crippen LogP contribution in [-0.4, -0.2) is 37.1 Å². The molecule has 1 aromatic rings. The maximum atomic E-state index is 5.55. The fourth-order valence-corrected chi connectivity index (χ4v) is 1.47. The minimum absolute atomic E-state index is 0.0879. The molecule has 0 aliphatic carbocycles. The molecule has 5 nitrogen and oxygen atoms in total. The molecule has 1 N–H and O–H groups in total. The molecular weight excluding hydrogens is 218 g/mol. The summed E-state index contributed by atoms with van der Waals surface area (Å²) in [6, 6.07) is 3.81. The molecule has 1 aromatic heterocycles. The maximum absolute atomic E-state index is 5.55. The minimum Gasteiger partial charge on any atom is -0.480 e. The Morgan fingerprint density at radius 1 is 1.29 bits per heavy atom. The molecule has 0 aliphatic rings. The predicted molar refractivity (Wildman–Crippen MR) is 66.1 cm³/mol. The molecule has 1 atom stereocenters. The molecule has 17 heavy (non-hydrogen) atoms. The summed E-state index contributed by atoms with van der Waals surface area (Å²) in [5.41, 5.74) is 0.878. The molecule has 1 unspecified atom stereocenters. The summed E-state index contributed by atoms with van der Waals surface area (Å²) in [4.78, 5) is 0. The lowest BCUT2D eigenvalue weighted by molar-refractivity contribution is 0.111. The Hall–Kier alpha value is -1.20. The summed E-state index contributed by atoms with van der Waals surface area (Å²) in [5.74, 6) is 0.526. The van der Waals surface area contributed by atoms with Gasteiger partial charge in [0.25, 0.3) is 0 Å². The summed E-state index contributed by atoms with van der Waals surface area (Å²) < 4.78 is 10.5. The lowest BCUT2D eigenvalue weighted by atomic mass is 10.2. The zero-order chi connectivity index (χ0) is 12.5. The van der Waals surface area contributed by atoms with Gasteiger partial charge in [0.2, 0.25) is 5.88 Å². The van der Waals surface area contributed by atoms with E-state index in [0.29, 0.717) is 12.5 Å². The van der Waals surface area contributed by atoms with Gasteiger partial charge in [-0.3, -0.25) is 0 Å². The first-order chi connectivity index (χ1) is 8.31. The second-order valence-corrected chi connectivity index (χ2v) is 3.69. The van der Waals surface area contributed by atoms with Gasteiger partial charge in [-0.2, -0.15) is 5.10 Å². The van der Waals surface area contributed by atoms with E-state index >= 15 is 0 Å². The Labute approximate surface area is 103 Å². The molecular formula is C12H21N3O2. The van der Waals surface area contributed by atoms with Crippen molar-refractivity contribution in [3.8, 4) is 5.88 Å². The average Bonchev–Trinajstić information content (AvgIpc) is 2.38. The molecule has 0 aromatic carbocycles. The van der Waals surface area contributed by atoms with E-state index < -0.39 is 0 Å². The standard InChI is InChI=1S/C12H21N3O2/c1-4-8-17-9-11(13-5-2)10-6-7-12(16-3)15-14-10/h6-7,11,13H,4-5,8-9H2,1-3H3. The molecule has 96 valence electrons. The molecule has 1 rings (SSSR count). The van der Waals surface area contributed by atoms with Crippen LogP contribution in [0.15, 0.2) is 12.1 Å². The van der Waals surface area contributed by atoms with E-state index in [9.17, 15) is 0 Å². The van der Waals surface area contributed by atoms with Crippen molar-refractivity contribution in [1.82, 2.24) is 15.5 Å². The molecule has 0 fully saturated rings. The third kappa shape index (κ3) is 4.66. The van der Waals surface area contributed by atoms with Crippen LogP contribution < -0.4 is 10.1 Å². The number of methoxy groups -OCH3 is 1. The highest BCUT2D eigenvalue weighted by Crippen LogP contribution is 2.12. The number of likely N-dealkylation sites (N-methyl/N-ethyl adjacent to an activating group) is 1. The number of aromatic nitrogens is 2. The van der Waals surface area contributed by atoms with Crippen molar-refractivity contribution >= 4 is 0 Å². The van der Waals surface area contributed by atoms with Crippen LogP contribution in [0, 0.1) is 0 Å². The highest BCUT2D eigenvalue weighted by atomic mass is 16.5. The Kier molecular flexibility index (Phi) is 6.50. The van der Waals surface area contributed by atoms with Gasteiger partial charge in [0.15, 0.2) is 0 Å². The second kappa shape index (κ2) is 7.97. The second-order valence-electron chi connectivity index (χ2n) is 3.69. The van der Waals surface area contributed by atoms with E-state index in [2.05, 4.69) is 29.4 Å². The van der Waals surface area contributed by atoms with E-state index in [0.717, 1.165) is 25.3 Å². The van der Waals surface area contributed by atoms with Crippen molar-refractivity contribution in [2.24, 2.45) is 0 Å². The first kappa shape index (κ1) is 13.9. The van der Waals surface area contributed by atoms with Crippen molar-refractivity contribution in [3.05, 3.63) is 17.8 Å². The van der Waals surface area contributed by atoms with Gasteiger partial charge in [0.05, 0.1) is 25.5 Å². The lowest BCUT2D eigenvalue weighted by Gasteiger charge is -2.16. The molecule has 0 bridgehead atoms. The van der Waals surface area contributed by atoms with E-state index in [-0.39, 0.29) is 6.04 Å². The van der Waals surface area contributed by atoms with Crippen LogP contribution in [0.5, 0.6) is 5.88 Å². The minimum atomic E-state index is 0.0879. The maximum Gasteiger partial charge on any atom is 0.233 e. The summed E-state index contributed by atoms with van der Waals surface area (Å²) in [6.45, 7) is 6.40. The Balaban J connectivity index is 2.60. The number of nitrogens with one attached hydrogen (secondary N) is 1. The Morgan fingerprint density at radius 2 is 2.12 bits per heavy atom. The molecule has 5 heteroatoms. The first-order valence-corrected chi connectivity index (χ1v) is 6.00. The van der Waals surface area contributed by atoms with Crippen LogP contribution in [0.25, 0.3) is 0 Å². The zero-order valence-corrected chi connectivity index (χ0v) is 10.8. The van der Waals surface area contributed by atoms with Crippen LogP contribution in [0.3, 0.4) is 0 Å². The predicted octanol–water partition coefficient (Wildman–Crippen LogP) is 1.56.